The van der Waals surface area contributed by atoms with Crippen LogP contribution in [0, 0.1) is 5.92 Å². The van der Waals surface area contributed by atoms with Gasteiger partial charge in [0.15, 0.2) is 5.78 Å². The molecular weight excluding hydrogens is 166 g/mol. The molecule has 0 spiro atoms. The van der Waals surface area contributed by atoms with E-state index in [1.54, 1.807) is 24.0 Å². The van der Waals surface area contributed by atoms with Gasteiger partial charge in [0.25, 0.3) is 0 Å². The van der Waals surface area contributed by atoms with Crippen LogP contribution in [0.15, 0.2) is 12.3 Å². The lowest BCUT2D eigenvalue weighted by Gasteiger charge is -2.11. The first-order valence-corrected chi connectivity index (χ1v) is 4.32. The summed E-state index contributed by atoms with van der Waals surface area (Å²) in [6, 6.07) is 1.24. The third-order valence-electron chi connectivity index (χ3n) is 1.99. The number of rotatable bonds is 3. The highest BCUT2D eigenvalue weighted by Crippen LogP contribution is 2.06. The highest BCUT2D eigenvalue weighted by atomic mass is 16.1. The molecule has 0 aliphatic rings. The number of carbonyl (C=O) groups excluding carboxylic acids is 1. The second kappa shape index (κ2) is 3.70. The Labute approximate surface area is 77.7 Å². The van der Waals surface area contributed by atoms with Crippen molar-refractivity contribution in [1.29, 1.82) is 0 Å². The summed E-state index contributed by atoms with van der Waals surface area (Å²) < 4.78 is 1.60. The molecule has 0 aliphatic carbocycles. The van der Waals surface area contributed by atoms with Gasteiger partial charge in [0.05, 0.1) is 6.04 Å². The molecule has 1 aromatic rings. The molecule has 0 saturated carbocycles. The van der Waals surface area contributed by atoms with Gasteiger partial charge in [-0.3, -0.25) is 9.48 Å². The topological polar surface area (TPSA) is 60.9 Å². The van der Waals surface area contributed by atoms with Crippen LogP contribution in [-0.2, 0) is 7.05 Å². The van der Waals surface area contributed by atoms with Crippen molar-refractivity contribution in [2.45, 2.75) is 19.9 Å². The minimum Gasteiger partial charge on any atom is -0.321 e. The van der Waals surface area contributed by atoms with Crippen LogP contribution >= 0.6 is 0 Å². The summed E-state index contributed by atoms with van der Waals surface area (Å²) in [5.41, 5.74) is 6.15. The fourth-order valence-electron chi connectivity index (χ4n) is 1.02. The van der Waals surface area contributed by atoms with E-state index in [0.717, 1.165) is 0 Å². The Kier molecular flexibility index (Phi) is 2.83. The van der Waals surface area contributed by atoms with E-state index >= 15 is 0 Å². The van der Waals surface area contributed by atoms with Gasteiger partial charge in [-0.05, 0) is 12.0 Å². The molecule has 72 valence electrons. The van der Waals surface area contributed by atoms with Gasteiger partial charge < -0.3 is 5.73 Å². The number of Topliss-reactive ketones (excluding diaryl/α,β-unsaturated/α-hetero) is 1. The van der Waals surface area contributed by atoms with Crippen molar-refractivity contribution in [3.8, 4) is 0 Å². The van der Waals surface area contributed by atoms with Crippen molar-refractivity contribution < 1.29 is 4.79 Å². The molecule has 1 heterocycles. The molecule has 13 heavy (non-hydrogen) atoms. The van der Waals surface area contributed by atoms with Crippen molar-refractivity contribution >= 4 is 5.78 Å². The second-order valence-electron chi connectivity index (χ2n) is 3.51. The van der Waals surface area contributed by atoms with Gasteiger partial charge in [-0.1, -0.05) is 13.8 Å². The van der Waals surface area contributed by atoms with Crippen LogP contribution in [0.25, 0.3) is 0 Å². The lowest BCUT2D eigenvalue weighted by molar-refractivity contribution is 0.0935. The zero-order valence-corrected chi connectivity index (χ0v) is 8.19. The van der Waals surface area contributed by atoms with Gasteiger partial charge in [-0.2, -0.15) is 5.10 Å². The van der Waals surface area contributed by atoms with Crippen molar-refractivity contribution in [1.82, 2.24) is 9.78 Å². The van der Waals surface area contributed by atoms with Crippen molar-refractivity contribution in [2.24, 2.45) is 18.7 Å². The summed E-state index contributed by atoms with van der Waals surface area (Å²) in [7, 11) is 1.78. The Morgan fingerprint density at radius 2 is 2.23 bits per heavy atom. The maximum Gasteiger partial charge on any atom is 0.199 e. The molecule has 0 aliphatic heterocycles. The van der Waals surface area contributed by atoms with Gasteiger partial charge >= 0.3 is 0 Å². The van der Waals surface area contributed by atoms with Crippen LogP contribution in [0.3, 0.4) is 0 Å². The molecule has 4 nitrogen and oxygen atoms in total. The summed E-state index contributed by atoms with van der Waals surface area (Å²) in [4.78, 5) is 11.6. The Hall–Kier alpha value is -1.16. The predicted octanol–water partition coefficient (Wildman–Crippen LogP) is 0.586. The zero-order chi connectivity index (χ0) is 10.0. The normalized spacial score (nSPS) is 13.3. The quantitative estimate of drug-likeness (QED) is 0.694. The number of aromatic nitrogens is 2. The van der Waals surface area contributed by atoms with E-state index in [4.69, 9.17) is 5.73 Å². The molecule has 0 fully saturated rings. The van der Waals surface area contributed by atoms with Crippen molar-refractivity contribution in [2.75, 3.05) is 0 Å². The highest BCUT2D eigenvalue weighted by molar-refractivity contribution is 5.98. The Morgan fingerprint density at radius 1 is 1.62 bits per heavy atom. The Bertz CT molecular complexity index is 304. The monoisotopic (exact) mass is 181 g/mol. The first-order chi connectivity index (χ1) is 6.02. The van der Waals surface area contributed by atoms with Crippen LogP contribution in [-0.4, -0.2) is 21.6 Å². The van der Waals surface area contributed by atoms with Gasteiger partial charge in [0.2, 0.25) is 0 Å². The van der Waals surface area contributed by atoms with E-state index in [2.05, 4.69) is 5.10 Å². The largest absolute Gasteiger partial charge is 0.321 e. The summed E-state index contributed by atoms with van der Waals surface area (Å²) >= 11 is 0. The van der Waals surface area contributed by atoms with E-state index in [-0.39, 0.29) is 11.7 Å². The molecule has 2 N–H and O–H groups in total. The molecule has 0 amide bonds. The molecule has 1 aromatic heterocycles. The lowest BCUT2D eigenvalue weighted by Crippen LogP contribution is -2.35. The van der Waals surface area contributed by atoms with Gasteiger partial charge in [-0.15, -0.1) is 0 Å². The summed E-state index contributed by atoms with van der Waals surface area (Å²) in [6.45, 7) is 3.84. The number of nitrogens with two attached hydrogens (primary N) is 1. The number of aryl methyl sites for hydroxylation is 1. The van der Waals surface area contributed by atoms with Crippen molar-refractivity contribution in [3.05, 3.63) is 18.0 Å². The van der Waals surface area contributed by atoms with E-state index in [1.807, 2.05) is 13.8 Å². The highest BCUT2D eigenvalue weighted by Gasteiger charge is 2.20. The fraction of sp³-hybridized carbons (Fsp3) is 0.556. The van der Waals surface area contributed by atoms with Crippen LogP contribution in [0.1, 0.15) is 24.3 Å². The lowest BCUT2D eigenvalue weighted by atomic mass is 9.99. The van der Waals surface area contributed by atoms with Crippen LogP contribution in [0.2, 0.25) is 0 Å². The number of nitrogens with zero attached hydrogens (tertiary/aromatic N) is 2. The van der Waals surface area contributed by atoms with Crippen molar-refractivity contribution in [3.63, 3.8) is 0 Å². The minimum absolute atomic E-state index is 0.0874. The molecule has 4 heteroatoms. The summed E-state index contributed by atoms with van der Waals surface area (Å²) in [5.74, 6) is 0.0603. The average molecular weight is 181 g/mol. The van der Waals surface area contributed by atoms with E-state index in [9.17, 15) is 4.79 Å². The molecule has 1 atom stereocenters. The molecule has 1 rings (SSSR count). The number of hydrogen-bond donors (Lipinski definition) is 1. The number of carbonyl (C=O) groups is 1. The SMILES string of the molecule is CC(C)C(N)C(=O)c1ccn(C)n1. The van der Waals surface area contributed by atoms with E-state index in [1.165, 1.54) is 0 Å². The van der Waals surface area contributed by atoms with Gasteiger partial charge in [0.1, 0.15) is 5.69 Å². The number of ketones is 1. The summed E-state index contributed by atoms with van der Waals surface area (Å²) in [5, 5.41) is 4.00. The average Bonchev–Trinajstić information content (AvgIpc) is 2.49. The van der Waals surface area contributed by atoms with E-state index < -0.39 is 6.04 Å². The molecule has 0 saturated heterocycles. The first kappa shape index (κ1) is 9.92. The van der Waals surface area contributed by atoms with Crippen LogP contribution < -0.4 is 5.73 Å². The van der Waals surface area contributed by atoms with Gasteiger partial charge in [0, 0.05) is 13.2 Å². The maximum atomic E-state index is 11.6. The fourth-order valence-corrected chi connectivity index (χ4v) is 1.02. The van der Waals surface area contributed by atoms with E-state index in [0.29, 0.717) is 5.69 Å². The number of hydrogen-bond acceptors (Lipinski definition) is 3. The molecular formula is C9H15N3O. The predicted molar refractivity (Wildman–Crippen MR) is 50.4 cm³/mol. The second-order valence-corrected chi connectivity index (χ2v) is 3.51. The molecule has 1 unspecified atom stereocenters. The third-order valence-corrected chi connectivity index (χ3v) is 1.99. The standard InChI is InChI=1S/C9H15N3O/c1-6(2)8(10)9(13)7-4-5-12(3)11-7/h4-6,8H,10H2,1-3H3. The Balaban J connectivity index is 2.79. The molecule has 0 radical (unpaired) electrons. The minimum atomic E-state index is -0.449. The van der Waals surface area contributed by atoms with Crippen LogP contribution in [0.4, 0.5) is 0 Å². The van der Waals surface area contributed by atoms with Gasteiger partial charge in [-0.25, -0.2) is 0 Å². The molecule has 0 aromatic carbocycles. The Morgan fingerprint density at radius 3 is 2.62 bits per heavy atom. The first-order valence-electron chi connectivity index (χ1n) is 4.32. The van der Waals surface area contributed by atoms with Crippen LogP contribution in [0.5, 0.6) is 0 Å². The maximum absolute atomic E-state index is 11.6. The summed E-state index contributed by atoms with van der Waals surface area (Å²) in [6.07, 6.45) is 1.74. The third kappa shape index (κ3) is 2.15. The smallest absolute Gasteiger partial charge is 0.199 e. The molecule has 0 bridgehead atoms. The zero-order valence-electron chi connectivity index (χ0n) is 8.19.